The van der Waals surface area contributed by atoms with Crippen molar-refractivity contribution >= 4 is 23.3 Å². The van der Waals surface area contributed by atoms with E-state index in [9.17, 15) is 20.0 Å². The molecule has 1 N–H and O–H groups in total. The zero-order valence-corrected chi connectivity index (χ0v) is 11.7. The molecule has 0 saturated carbocycles. The van der Waals surface area contributed by atoms with Gasteiger partial charge in [-0.3, -0.25) is 10.1 Å². The summed E-state index contributed by atoms with van der Waals surface area (Å²) < 4.78 is 5.07. The van der Waals surface area contributed by atoms with Crippen molar-refractivity contribution in [3.63, 3.8) is 0 Å². The van der Waals surface area contributed by atoms with Gasteiger partial charge in [-0.2, -0.15) is 0 Å². The molecule has 0 unspecified atom stereocenters. The first-order valence-electron chi connectivity index (χ1n) is 6.35. The van der Waals surface area contributed by atoms with E-state index in [-0.39, 0.29) is 16.8 Å². The summed E-state index contributed by atoms with van der Waals surface area (Å²) in [7, 11) is 1.48. The van der Waals surface area contributed by atoms with Crippen LogP contribution in [0.3, 0.4) is 0 Å². The van der Waals surface area contributed by atoms with Crippen molar-refractivity contribution in [1.82, 2.24) is 0 Å². The summed E-state index contributed by atoms with van der Waals surface area (Å²) >= 11 is 0. The van der Waals surface area contributed by atoms with Crippen LogP contribution in [0.15, 0.2) is 48.5 Å². The molecule has 6 nitrogen and oxygen atoms in total. The molecular formula is C16H13NO5. The SMILES string of the molecule is COc1cccc(/C(=C/c2ccccc2[N+](=O)[O-])C(=O)O)c1. The molecule has 2 aromatic rings. The van der Waals surface area contributed by atoms with Crippen molar-refractivity contribution in [1.29, 1.82) is 0 Å². The Kier molecular flexibility index (Phi) is 4.53. The van der Waals surface area contributed by atoms with E-state index < -0.39 is 10.9 Å². The zero-order chi connectivity index (χ0) is 16.1. The average Bonchev–Trinajstić information content (AvgIpc) is 2.52. The highest BCUT2D eigenvalue weighted by Crippen LogP contribution is 2.26. The van der Waals surface area contributed by atoms with Gasteiger partial charge >= 0.3 is 5.97 Å². The molecule has 0 saturated heterocycles. The number of hydrogen-bond acceptors (Lipinski definition) is 4. The van der Waals surface area contributed by atoms with Gasteiger partial charge in [-0.1, -0.05) is 24.3 Å². The molecule has 0 amide bonds. The number of methoxy groups -OCH3 is 1. The van der Waals surface area contributed by atoms with Crippen LogP contribution in [0.5, 0.6) is 5.75 Å². The normalized spacial score (nSPS) is 11.0. The first-order valence-corrected chi connectivity index (χ1v) is 6.35. The molecule has 0 fully saturated rings. The third kappa shape index (κ3) is 3.29. The highest BCUT2D eigenvalue weighted by molar-refractivity contribution is 6.21. The number of ether oxygens (including phenoxy) is 1. The monoisotopic (exact) mass is 299 g/mol. The Labute approximate surface area is 126 Å². The standard InChI is InChI=1S/C16H13NO5/c1-22-13-7-4-6-11(9-13)14(16(18)19)10-12-5-2-3-8-15(12)17(20)21/h2-10H,1H3,(H,18,19)/b14-10-. The number of carboxylic acid groups (broad SMARTS) is 1. The van der Waals surface area contributed by atoms with Gasteiger partial charge < -0.3 is 9.84 Å². The minimum Gasteiger partial charge on any atom is -0.497 e. The van der Waals surface area contributed by atoms with Gasteiger partial charge in [-0.05, 0) is 29.8 Å². The van der Waals surface area contributed by atoms with Gasteiger partial charge in [-0.25, -0.2) is 4.79 Å². The van der Waals surface area contributed by atoms with E-state index in [1.54, 1.807) is 30.3 Å². The van der Waals surface area contributed by atoms with Gasteiger partial charge in [-0.15, -0.1) is 0 Å². The van der Waals surface area contributed by atoms with Gasteiger partial charge in [0, 0.05) is 6.07 Å². The molecule has 0 aliphatic rings. The number of hydrogen-bond donors (Lipinski definition) is 1. The number of carboxylic acids is 1. The molecule has 2 rings (SSSR count). The smallest absolute Gasteiger partial charge is 0.336 e. The lowest BCUT2D eigenvalue weighted by Gasteiger charge is -2.06. The summed E-state index contributed by atoms with van der Waals surface area (Å²) in [5, 5.41) is 20.4. The second kappa shape index (κ2) is 6.53. The number of aliphatic carboxylic acids is 1. The summed E-state index contributed by atoms with van der Waals surface area (Å²) in [6.45, 7) is 0. The van der Waals surface area contributed by atoms with E-state index in [0.717, 1.165) is 0 Å². The lowest BCUT2D eigenvalue weighted by Crippen LogP contribution is -2.01. The molecule has 0 heterocycles. The Balaban J connectivity index is 2.57. The molecule has 0 aromatic heterocycles. The van der Waals surface area contributed by atoms with E-state index in [4.69, 9.17) is 4.74 Å². The topological polar surface area (TPSA) is 89.7 Å². The first-order chi connectivity index (χ1) is 10.5. The number of rotatable bonds is 5. The van der Waals surface area contributed by atoms with Crippen molar-refractivity contribution in [2.45, 2.75) is 0 Å². The summed E-state index contributed by atoms with van der Waals surface area (Å²) in [5.41, 5.74) is 0.440. The third-order valence-corrected chi connectivity index (χ3v) is 3.04. The fraction of sp³-hybridized carbons (Fsp3) is 0.0625. The van der Waals surface area contributed by atoms with E-state index in [1.165, 1.54) is 31.4 Å². The van der Waals surface area contributed by atoms with Crippen LogP contribution in [0.25, 0.3) is 11.6 Å². The summed E-state index contributed by atoms with van der Waals surface area (Å²) in [6, 6.07) is 12.5. The van der Waals surface area contributed by atoms with E-state index >= 15 is 0 Å². The van der Waals surface area contributed by atoms with E-state index in [0.29, 0.717) is 11.3 Å². The minimum atomic E-state index is -1.17. The molecule has 112 valence electrons. The fourth-order valence-corrected chi connectivity index (χ4v) is 1.99. The quantitative estimate of drug-likeness (QED) is 0.396. The van der Waals surface area contributed by atoms with Crippen LogP contribution < -0.4 is 4.74 Å². The number of nitro benzene ring substituents is 1. The van der Waals surface area contributed by atoms with Crippen LogP contribution in [0.2, 0.25) is 0 Å². The van der Waals surface area contributed by atoms with Crippen molar-refractivity contribution < 1.29 is 19.6 Å². The van der Waals surface area contributed by atoms with Gasteiger partial charge in [0.25, 0.3) is 5.69 Å². The summed E-state index contributed by atoms with van der Waals surface area (Å²) in [4.78, 5) is 22.0. The van der Waals surface area contributed by atoms with E-state index in [1.807, 2.05) is 0 Å². The lowest BCUT2D eigenvalue weighted by atomic mass is 10.0. The Morgan fingerprint density at radius 1 is 1.23 bits per heavy atom. The van der Waals surface area contributed by atoms with Crippen LogP contribution in [0, 0.1) is 10.1 Å². The molecule has 0 aliphatic heterocycles. The lowest BCUT2D eigenvalue weighted by molar-refractivity contribution is -0.385. The number of carbonyl (C=O) groups is 1. The van der Waals surface area contributed by atoms with Gasteiger partial charge in [0.05, 0.1) is 23.2 Å². The maximum absolute atomic E-state index is 11.5. The van der Waals surface area contributed by atoms with Gasteiger partial charge in [0.15, 0.2) is 0 Å². The molecule has 0 atom stereocenters. The highest BCUT2D eigenvalue weighted by Gasteiger charge is 2.16. The highest BCUT2D eigenvalue weighted by atomic mass is 16.6. The molecule has 0 bridgehead atoms. The van der Waals surface area contributed by atoms with Crippen LogP contribution in [0.1, 0.15) is 11.1 Å². The van der Waals surface area contributed by atoms with Gasteiger partial charge in [0.1, 0.15) is 5.75 Å². The average molecular weight is 299 g/mol. The molecule has 0 spiro atoms. The number of benzene rings is 2. The molecule has 6 heteroatoms. The van der Waals surface area contributed by atoms with Crippen LogP contribution >= 0.6 is 0 Å². The van der Waals surface area contributed by atoms with Crippen molar-refractivity contribution in [3.05, 3.63) is 69.8 Å². The predicted octanol–water partition coefficient (Wildman–Crippen LogP) is 3.23. The Morgan fingerprint density at radius 3 is 2.59 bits per heavy atom. The van der Waals surface area contributed by atoms with E-state index in [2.05, 4.69) is 0 Å². The summed E-state index contributed by atoms with van der Waals surface area (Å²) in [5.74, 6) is -0.668. The Bertz CT molecular complexity index is 752. The second-order valence-electron chi connectivity index (χ2n) is 4.41. The number of para-hydroxylation sites is 1. The molecule has 22 heavy (non-hydrogen) atoms. The zero-order valence-electron chi connectivity index (χ0n) is 11.7. The molecule has 2 aromatic carbocycles. The van der Waals surface area contributed by atoms with Crippen LogP contribution in [-0.4, -0.2) is 23.1 Å². The Morgan fingerprint density at radius 2 is 1.95 bits per heavy atom. The molecule has 0 radical (unpaired) electrons. The first kappa shape index (κ1) is 15.2. The predicted molar refractivity (Wildman–Crippen MR) is 81.6 cm³/mol. The van der Waals surface area contributed by atoms with Crippen LogP contribution in [-0.2, 0) is 4.79 Å². The van der Waals surface area contributed by atoms with Crippen molar-refractivity contribution in [2.75, 3.05) is 7.11 Å². The van der Waals surface area contributed by atoms with Crippen LogP contribution in [0.4, 0.5) is 5.69 Å². The maximum atomic E-state index is 11.5. The second-order valence-corrected chi connectivity index (χ2v) is 4.41. The summed E-state index contributed by atoms with van der Waals surface area (Å²) in [6.07, 6.45) is 1.29. The number of nitro groups is 1. The number of nitrogens with zero attached hydrogens (tertiary/aromatic N) is 1. The largest absolute Gasteiger partial charge is 0.497 e. The maximum Gasteiger partial charge on any atom is 0.336 e. The minimum absolute atomic E-state index is 0.0480. The fourth-order valence-electron chi connectivity index (χ4n) is 1.99. The molecular weight excluding hydrogens is 286 g/mol. The van der Waals surface area contributed by atoms with Crippen molar-refractivity contribution in [2.24, 2.45) is 0 Å². The Hall–Kier alpha value is -3.15. The van der Waals surface area contributed by atoms with Crippen molar-refractivity contribution in [3.8, 4) is 5.75 Å². The van der Waals surface area contributed by atoms with Gasteiger partial charge in [0.2, 0.25) is 0 Å². The molecule has 0 aliphatic carbocycles. The third-order valence-electron chi connectivity index (χ3n) is 3.04.